The molecule has 1 aromatic heterocycles. The van der Waals surface area contributed by atoms with Gasteiger partial charge in [-0.1, -0.05) is 20.8 Å². The summed E-state index contributed by atoms with van der Waals surface area (Å²) >= 11 is 1.62. The summed E-state index contributed by atoms with van der Waals surface area (Å²) in [5.74, 6) is -0.507. The van der Waals surface area contributed by atoms with Gasteiger partial charge in [0.15, 0.2) is 0 Å². The number of methoxy groups -OCH3 is 1. The fraction of sp³-hybridized carbons (Fsp3) is 0.800. The molecule has 8 heteroatoms. The minimum absolute atomic E-state index is 0.0273. The van der Waals surface area contributed by atoms with Gasteiger partial charge in [0.25, 0.3) is 0 Å². The normalized spacial score (nSPS) is 30.2. The van der Waals surface area contributed by atoms with Gasteiger partial charge in [-0.05, 0) is 57.3 Å². The van der Waals surface area contributed by atoms with Crippen molar-refractivity contribution in [3.8, 4) is 0 Å². The zero-order valence-electron chi connectivity index (χ0n) is 21.1. The number of ether oxygens (including phenoxy) is 2. The first kappa shape index (κ1) is 26.1. The molecule has 6 atom stereocenters. The van der Waals surface area contributed by atoms with Crippen molar-refractivity contribution in [1.29, 1.82) is 0 Å². The third-order valence-corrected chi connectivity index (χ3v) is 8.61. The first-order valence-electron chi connectivity index (χ1n) is 12.0. The second-order valence-electron chi connectivity index (χ2n) is 11.2. The second kappa shape index (κ2) is 10.0. The van der Waals surface area contributed by atoms with Gasteiger partial charge in [0.05, 0.1) is 23.8 Å². The second-order valence-corrected chi connectivity index (χ2v) is 12.3. The quantitative estimate of drug-likeness (QED) is 0.456. The summed E-state index contributed by atoms with van der Waals surface area (Å²) in [6.07, 6.45) is 2.08. The van der Waals surface area contributed by atoms with E-state index in [0.717, 1.165) is 30.0 Å². The molecule has 1 amide bonds. The number of aliphatic hydroxyl groups is 1. The average Bonchev–Trinajstić information content (AvgIpc) is 3.13. The number of esters is 1. The van der Waals surface area contributed by atoms with E-state index < -0.39 is 11.5 Å². The lowest BCUT2D eigenvalue weighted by Crippen LogP contribution is -2.53. The number of rotatable bonds is 7. The molecule has 3 rings (SSSR count). The molecule has 0 bridgehead atoms. The van der Waals surface area contributed by atoms with Crippen LogP contribution in [0, 0.1) is 28.6 Å². The summed E-state index contributed by atoms with van der Waals surface area (Å²) in [6.45, 7) is 13.0. The summed E-state index contributed by atoms with van der Waals surface area (Å²) in [4.78, 5) is 30.9. The molecular weight excluding hydrogens is 440 g/mol. The Balaban J connectivity index is 1.74. The highest BCUT2D eigenvalue weighted by Crippen LogP contribution is 2.57. The maximum atomic E-state index is 12.7. The van der Waals surface area contributed by atoms with Crippen molar-refractivity contribution in [3.05, 3.63) is 15.6 Å². The monoisotopic (exact) mass is 480 g/mol. The standard InChI is InChI=1S/C25H40N2O5S/c1-14(22(29)26-10-11-31-7)16-8-9-25(6)12-17-20(15(2)19(25)21(16)28)27-18(33-17)13-32-23(30)24(3,4)5/h14-16,19,21,28H,8-13H2,1-7H3,(H,26,29). The number of nitrogens with one attached hydrogen (secondary N) is 1. The number of carbonyl (C=O) groups is 2. The number of amides is 1. The number of aliphatic hydroxyl groups excluding tert-OH is 1. The first-order chi connectivity index (χ1) is 15.4. The molecule has 186 valence electrons. The summed E-state index contributed by atoms with van der Waals surface area (Å²) < 4.78 is 10.5. The van der Waals surface area contributed by atoms with E-state index in [1.54, 1.807) is 18.4 Å². The zero-order chi connectivity index (χ0) is 24.6. The maximum absolute atomic E-state index is 12.7. The van der Waals surface area contributed by atoms with Gasteiger partial charge in [0.2, 0.25) is 5.91 Å². The van der Waals surface area contributed by atoms with E-state index in [9.17, 15) is 14.7 Å². The Morgan fingerprint density at radius 3 is 2.70 bits per heavy atom. The van der Waals surface area contributed by atoms with Crippen LogP contribution < -0.4 is 5.32 Å². The van der Waals surface area contributed by atoms with Crippen molar-refractivity contribution in [1.82, 2.24) is 10.3 Å². The lowest BCUT2D eigenvalue weighted by molar-refractivity contribution is -0.154. The fourth-order valence-corrected chi connectivity index (χ4v) is 6.92. The maximum Gasteiger partial charge on any atom is 0.311 e. The first-order valence-corrected chi connectivity index (χ1v) is 12.8. The van der Waals surface area contributed by atoms with Gasteiger partial charge in [-0.25, -0.2) is 4.98 Å². The van der Waals surface area contributed by atoms with Crippen LogP contribution in [0.15, 0.2) is 0 Å². The van der Waals surface area contributed by atoms with Crippen LogP contribution in [0.2, 0.25) is 0 Å². The van der Waals surface area contributed by atoms with Gasteiger partial charge in [0, 0.05) is 30.4 Å². The molecule has 2 aliphatic rings. The molecule has 0 spiro atoms. The molecule has 2 aliphatic carbocycles. The molecule has 0 aromatic carbocycles. The Morgan fingerprint density at radius 2 is 2.06 bits per heavy atom. The predicted octanol–water partition coefficient (Wildman–Crippen LogP) is 3.68. The molecule has 1 heterocycles. The van der Waals surface area contributed by atoms with Gasteiger partial charge >= 0.3 is 5.97 Å². The number of carbonyl (C=O) groups excluding carboxylic acids is 2. The van der Waals surface area contributed by atoms with Crippen molar-refractivity contribution in [2.75, 3.05) is 20.3 Å². The Kier molecular flexibility index (Phi) is 7.91. The average molecular weight is 481 g/mol. The van der Waals surface area contributed by atoms with E-state index in [4.69, 9.17) is 14.5 Å². The molecule has 1 aromatic rings. The van der Waals surface area contributed by atoms with E-state index in [0.29, 0.717) is 13.2 Å². The number of aromatic nitrogens is 1. The molecule has 0 aliphatic heterocycles. The van der Waals surface area contributed by atoms with Crippen molar-refractivity contribution in [2.24, 2.45) is 28.6 Å². The molecule has 7 nitrogen and oxygen atoms in total. The lowest BCUT2D eigenvalue weighted by atomic mass is 9.53. The van der Waals surface area contributed by atoms with Crippen LogP contribution in [-0.2, 0) is 32.1 Å². The summed E-state index contributed by atoms with van der Waals surface area (Å²) in [5.41, 5.74) is 0.430. The highest BCUT2D eigenvalue weighted by atomic mass is 32.1. The molecule has 0 radical (unpaired) electrons. The van der Waals surface area contributed by atoms with E-state index in [1.165, 1.54) is 4.88 Å². The van der Waals surface area contributed by atoms with Crippen molar-refractivity contribution < 1.29 is 24.2 Å². The Labute approximate surface area is 201 Å². The fourth-order valence-electron chi connectivity index (χ4n) is 5.63. The summed E-state index contributed by atoms with van der Waals surface area (Å²) in [5, 5.41) is 15.2. The van der Waals surface area contributed by atoms with Crippen LogP contribution in [0.3, 0.4) is 0 Å². The number of thiazole rings is 1. The third-order valence-electron chi connectivity index (χ3n) is 7.57. The molecule has 0 saturated heterocycles. The number of fused-ring (bicyclic) bond motifs is 2. The van der Waals surface area contributed by atoms with Crippen LogP contribution >= 0.6 is 11.3 Å². The molecule has 1 fully saturated rings. The van der Waals surface area contributed by atoms with Crippen molar-refractivity contribution in [2.45, 2.75) is 79.4 Å². The molecular formula is C25H40N2O5S. The number of hydrogen-bond acceptors (Lipinski definition) is 7. The van der Waals surface area contributed by atoms with E-state index in [-0.39, 0.29) is 47.6 Å². The molecule has 6 unspecified atom stereocenters. The van der Waals surface area contributed by atoms with Gasteiger partial charge in [-0.15, -0.1) is 11.3 Å². The SMILES string of the molecule is COCCNC(=O)C(C)C1CCC2(C)Cc3sc(COC(=O)C(C)(C)C)nc3C(C)C2C1O. The van der Waals surface area contributed by atoms with Crippen molar-refractivity contribution in [3.63, 3.8) is 0 Å². The van der Waals surface area contributed by atoms with Crippen LogP contribution in [-0.4, -0.2) is 48.3 Å². The van der Waals surface area contributed by atoms with Crippen molar-refractivity contribution >= 4 is 23.2 Å². The topological polar surface area (TPSA) is 97.8 Å². The summed E-state index contributed by atoms with van der Waals surface area (Å²) in [6, 6.07) is 0. The smallest absolute Gasteiger partial charge is 0.311 e. The van der Waals surface area contributed by atoms with Gasteiger partial charge in [-0.3, -0.25) is 9.59 Å². The third kappa shape index (κ3) is 5.43. The van der Waals surface area contributed by atoms with Crippen LogP contribution in [0.4, 0.5) is 0 Å². The summed E-state index contributed by atoms with van der Waals surface area (Å²) in [7, 11) is 1.61. The van der Waals surface area contributed by atoms with Gasteiger partial charge < -0.3 is 19.9 Å². The number of hydrogen-bond donors (Lipinski definition) is 2. The molecule has 33 heavy (non-hydrogen) atoms. The van der Waals surface area contributed by atoms with Crippen LogP contribution in [0.25, 0.3) is 0 Å². The van der Waals surface area contributed by atoms with E-state index in [1.807, 2.05) is 27.7 Å². The number of nitrogens with zero attached hydrogens (tertiary/aromatic N) is 1. The predicted molar refractivity (Wildman–Crippen MR) is 128 cm³/mol. The minimum Gasteiger partial charge on any atom is -0.458 e. The van der Waals surface area contributed by atoms with E-state index in [2.05, 4.69) is 19.2 Å². The largest absolute Gasteiger partial charge is 0.458 e. The highest BCUT2D eigenvalue weighted by Gasteiger charge is 2.53. The van der Waals surface area contributed by atoms with Crippen LogP contribution in [0.5, 0.6) is 0 Å². The Hall–Kier alpha value is -1.51. The Morgan fingerprint density at radius 1 is 1.36 bits per heavy atom. The van der Waals surface area contributed by atoms with Gasteiger partial charge in [-0.2, -0.15) is 0 Å². The Bertz CT molecular complexity index is 863. The molecule has 1 saturated carbocycles. The van der Waals surface area contributed by atoms with Gasteiger partial charge in [0.1, 0.15) is 11.6 Å². The lowest BCUT2D eigenvalue weighted by Gasteiger charge is -2.53. The zero-order valence-corrected chi connectivity index (χ0v) is 21.9. The molecule has 2 N–H and O–H groups in total. The minimum atomic E-state index is -0.570. The van der Waals surface area contributed by atoms with Crippen LogP contribution in [0.1, 0.15) is 75.9 Å². The highest BCUT2D eigenvalue weighted by molar-refractivity contribution is 7.11. The van der Waals surface area contributed by atoms with E-state index >= 15 is 0 Å².